The molecule has 0 amide bonds. The summed E-state index contributed by atoms with van der Waals surface area (Å²) in [5, 5.41) is 0. The van der Waals surface area contributed by atoms with E-state index in [1.807, 2.05) is 31.2 Å². The zero-order chi connectivity index (χ0) is 18.7. The summed E-state index contributed by atoms with van der Waals surface area (Å²) in [6, 6.07) is 11.4. The average Bonchev–Trinajstić information content (AvgIpc) is 3.01. The van der Waals surface area contributed by atoms with Gasteiger partial charge in [-0.3, -0.25) is 0 Å². The summed E-state index contributed by atoms with van der Waals surface area (Å²) in [5.41, 5.74) is 3.20. The zero-order valence-electron chi connectivity index (χ0n) is 15.2. The minimum absolute atomic E-state index is 0.394. The number of cyclic esters (lactones) is 1. The Hall–Kier alpha value is -3.21. The van der Waals surface area contributed by atoms with Crippen molar-refractivity contribution in [3.8, 4) is 17.2 Å². The van der Waals surface area contributed by atoms with Crippen molar-refractivity contribution in [2.75, 3.05) is 21.3 Å². The SMILES string of the molecule is COc1cc(C=C2C=C(c3ccc(C)cc3)OC2=O)cc(OC)c1OC. The van der Waals surface area contributed by atoms with E-state index in [2.05, 4.69) is 0 Å². The molecule has 0 N–H and O–H groups in total. The highest BCUT2D eigenvalue weighted by molar-refractivity contribution is 6.05. The molecule has 2 aromatic rings. The lowest BCUT2D eigenvalue weighted by molar-refractivity contribution is -0.130. The normalized spacial score (nSPS) is 14.8. The van der Waals surface area contributed by atoms with E-state index in [0.29, 0.717) is 28.6 Å². The molecular formula is C21H20O5. The van der Waals surface area contributed by atoms with Crippen molar-refractivity contribution in [3.63, 3.8) is 0 Å². The van der Waals surface area contributed by atoms with Gasteiger partial charge >= 0.3 is 5.97 Å². The highest BCUT2D eigenvalue weighted by Crippen LogP contribution is 2.39. The van der Waals surface area contributed by atoms with Crippen molar-refractivity contribution in [2.45, 2.75) is 6.92 Å². The summed E-state index contributed by atoms with van der Waals surface area (Å²) in [5.74, 6) is 1.69. The minimum atomic E-state index is -0.394. The molecule has 0 saturated carbocycles. The van der Waals surface area contributed by atoms with Crippen LogP contribution >= 0.6 is 0 Å². The molecule has 0 fully saturated rings. The lowest BCUT2D eigenvalue weighted by atomic mass is 10.1. The number of carbonyl (C=O) groups excluding carboxylic acids is 1. The highest BCUT2D eigenvalue weighted by Gasteiger charge is 2.22. The van der Waals surface area contributed by atoms with Crippen molar-refractivity contribution in [2.24, 2.45) is 0 Å². The largest absolute Gasteiger partial charge is 0.493 e. The third-order valence-corrected chi connectivity index (χ3v) is 4.07. The van der Waals surface area contributed by atoms with Crippen LogP contribution in [0.2, 0.25) is 0 Å². The van der Waals surface area contributed by atoms with Crippen molar-refractivity contribution in [3.05, 3.63) is 64.7 Å². The average molecular weight is 352 g/mol. The van der Waals surface area contributed by atoms with E-state index in [-0.39, 0.29) is 0 Å². The number of methoxy groups -OCH3 is 3. The van der Waals surface area contributed by atoms with E-state index in [9.17, 15) is 4.79 Å². The lowest BCUT2D eigenvalue weighted by Crippen LogP contribution is -1.98. The van der Waals surface area contributed by atoms with Crippen LogP contribution in [0.3, 0.4) is 0 Å². The van der Waals surface area contributed by atoms with E-state index >= 15 is 0 Å². The summed E-state index contributed by atoms with van der Waals surface area (Å²) >= 11 is 0. The maximum Gasteiger partial charge on any atom is 0.343 e. The molecule has 0 spiro atoms. The van der Waals surface area contributed by atoms with E-state index < -0.39 is 5.97 Å². The van der Waals surface area contributed by atoms with E-state index in [4.69, 9.17) is 18.9 Å². The van der Waals surface area contributed by atoms with Gasteiger partial charge in [0.2, 0.25) is 5.75 Å². The number of rotatable bonds is 5. The van der Waals surface area contributed by atoms with Crippen molar-refractivity contribution < 1.29 is 23.7 Å². The van der Waals surface area contributed by atoms with Crippen LogP contribution in [0.4, 0.5) is 0 Å². The summed E-state index contributed by atoms with van der Waals surface area (Å²) in [6.07, 6.45) is 3.46. The van der Waals surface area contributed by atoms with Crippen LogP contribution in [-0.2, 0) is 9.53 Å². The van der Waals surface area contributed by atoms with Gasteiger partial charge in [-0.1, -0.05) is 29.8 Å². The molecule has 5 heteroatoms. The first-order valence-corrected chi connectivity index (χ1v) is 8.08. The summed E-state index contributed by atoms with van der Waals surface area (Å²) in [6.45, 7) is 2.01. The smallest absolute Gasteiger partial charge is 0.343 e. The van der Waals surface area contributed by atoms with Crippen LogP contribution < -0.4 is 14.2 Å². The molecule has 26 heavy (non-hydrogen) atoms. The molecule has 0 bridgehead atoms. The second-order valence-electron chi connectivity index (χ2n) is 5.82. The van der Waals surface area contributed by atoms with Crippen LogP contribution in [0.5, 0.6) is 17.2 Å². The van der Waals surface area contributed by atoms with Crippen LogP contribution in [0, 0.1) is 6.92 Å². The number of hydrogen-bond acceptors (Lipinski definition) is 5. The molecule has 0 aliphatic carbocycles. The Morgan fingerprint density at radius 1 is 0.923 bits per heavy atom. The fourth-order valence-electron chi connectivity index (χ4n) is 2.71. The molecule has 1 aliphatic heterocycles. The Bertz CT molecular complexity index is 866. The number of benzene rings is 2. The molecule has 134 valence electrons. The second-order valence-corrected chi connectivity index (χ2v) is 5.82. The fraction of sp³-hybridized carbons (Fsp3) is 0.190. The molecule has 5 nitrogen and oxygen atoms in total. The van der Waals surface area contributed by atoms with E-state index in [1.165, 1.54) is 0 Å². The van der Waals surface area contributed by atoms with Gasteiger partial charge < -0.3 is 18.9 Å². The van der Waals surface area contributed by atoms with Crippen LogP contribution in [0.15, 0.2) is 48.0 Å². The molecule has 0 atom stereocenters. The molecular weight excluding hydrogens is 332 g/mol. The van der Waals surface area contributed by atoms with E-state index in [0.717, 1.165) is 16.7 Å². The van der Waals surface area contributed by atoms with Gasteiger partial charge in [0, 0.05) is 5.56 Å². The van der Waals surface area contributed by atoms with Crippen molar-refractivity contribution in [1.29, 1.82) is 0 Å². The fourth-order valence-corrected chi connectivity index (χ4v) is 2.71. The van der Waals surface area contributed by atoms with Crippen LogP contribution in [0.25, 0.3) is 11.8 Å². The first kappa shape index (κ1) is 17.6. The van der Waals surface area contributed by atoms with Gasteiger partial charge in [-0.2, -0.15) is 0 Å². The Balaban J connectivity index is 1.99. The number of aryl methyl sites for hydroxylation is 1. The first-order chi connectivity index (χ1) is 12.5. The molecule has 0 radical (unpaired) electrons. The molecule has 0 unspecified atom stereocenters. The van der Waals surface area contributed by atoms with Crippen LogP contribution in [-0.4, -0.2) is 27.3 Å². The van der Waals surface area contributed by atoms with Gasteiger partial charge in [0.25, 0.3) is 0 Å². The number of esters is 1. The maximum atomic E-state index is 12.2. The molecule has 1 aliphatic rings. The Labute approximate surface area is 152 Å². The van der Waals surface area contributed by atoms with Crippen molar-refractivity contribution >= 4 is 17.8 Å². The Morgan fingerprint density at radius 2 is 1.54 bits per heavy atom. The third kappa shape index (κ3) is 3.42. The van der Waals surface area contributed by atoms with Crippen LogP contribution in [0.1, 0.15) is 16.7 Å². The van der Waals surface area contributed by atoms with Crippen molar-refractivity contribution in [1.82, 2.24) is 0 Å². The highest BCUT2D eigenvalue weighted by atomic mass is 16.5. The molecule has 3 rings (SSSR count). The quantitative estimate of drug-likeness (QED) is 0.601. The predicted octanol–water partition coefficient (Wildman–Crippen LogP) is 4.00. The minimum Gasteiger partial charge on any atom is -0.493 e. The Kier molecular flexibility index (Phi) is 4.98. The van der Waals surface area contributed by atoms with Gasteiger partial charge in [-0.05, 0) is 36.8 Å². The standard InChI is InChI=1S/C21H20O5/c1-13-5-7-15(8-6-13)17-12-16(21(22)26-17)9-14-10-18(23-2)20(25-4)19(11-14)24-3/h5-12H,1-4H3. The first-order valence-electron chi connectivity index (χ1n) is 8.08. The monoisotopic (exact) mass is 352 g/mol. The predicted molar refractivity (Wildman–Crippen MR) is 99.3 cm³/mol. The second kappa shape index (κ2) is 7.35. The van der Waals surface area contributed by atoms with Gasteiger partial charge in [-0.15, -0.1) is 0 Å². The number of ether oxygens (including phenoxy) is 4. The molecule has 0 aromatic heterocycles. The number of carbonyl (C=O) groups is 1. The molecule has 2 aromatic carbocycles. The number of hydrogen-bond donors (Lipinski definition) is 0. The van der Waals surface area contributed by atoms with Gasteiger partial charge in [0.1, 0.15) is 5.76 Å². The van der Waals surface area contributed by atoms with Gasteiger partial charge in [-0.25, -0.2) is 4.79 Å². The molecule has 1 heterocycles. The summed E-state index contributed by atoms with van der Waals surface area (Å²) < 4.78 is 21.4. The third-order valence-electron chi connectivity index (χ3n) is 4.07. The van der Waals surface area contributed by atoms with E-state index in [1.54, 1.807) is 45.6 Å². The lowest BCUT2D eigenvalue weighted by Gasteiger charge is -2.12. The van der Waals surface area contributed by atoms with Gasteiger partial charge in [0.05, 0.1) is 26.9 Å². The topological polar surface area (TPSA) is 54.0 Å². The summed E-state index contributed by atoms with van der Waals surface area (Å²) in [4.78, 5) is 12.2. The summed E-state index contributed by atoms with van der Waals surface area (Å²) in [7, 11) is 4.64. The molecule has 0 saturated heterocycles. The zero-order valence-corrected chi connectivity index (χ0v) is 15.2. The van der Waals surface area contributed by atoms with Gasteiger partial charge in [0.15, 0.2) is 11.5 Å². The maximum absolute atomic E-state index is 12.2. The Morgan fingerprint density at radius 3 is 2.08 bits per heavy atom.